The Balaban J connectivity index is 0.000000400. The van der Waals surface area contributed by atoms with Gasteiger partial charge in [-0.25, -0.2) is 0 Å². The van der Waals surface area contributed by atoms with Crippen LogP contribution in [0.15, 0.2) is 0 Å². The molecule has 0 bridgehead atoms. The molecule has 10 aliphatic heterocycles. The average Bonchev–Trinajstić information content (AvgIpc) is 3.01. The topological polar surface area (TPSA) is 0 Å². The van der Waals surface area contributed by atoms with E-state index in [0.717, 1.165) is 0 Å². The van der Waals surface area contributed by atoms with Crippen LogP contribution in [-0.4, -0.2) is 0 Å². The molecule has 0 aromatic rings. The molecule has 10 rings (SSSR count). The van der Waals surface area contributed by atoms with Gasteiger partial charge in [0.25, 0.3) is 0 Å². The van der Waals surface area contributed by atoms with Crippen LogP contribution < -0.4 is 0 Å². The van der Waals surface area contributed by atoms with Crippen molar-refractivity contribution in [3.63, 3.8) is 0 Å². The van der Waals surface area contributed by atoms with Gasteiger partial charge in [0.15, 0.2) is 0 Å². The molecule has 0 aromatic carbocycles. The van der Waals surface area contributed by atoms with Gasteiger partial charge in [-0.1, -0.05) is 0 Å². The van der Waals surface area contributed by atoms with Crippen LogP contribution in [-0.2, 0) is 8.89 Å². The molecule has 10 fully saturated rings. The number of rotatable bonds is 0. The Kier molecular flexibility index (Phi) is 0.0891. The first-order valence-corrected chi connectivity index (χ1v) is 15.2. The predicted octanol–water partition coefficient (Wildman–Crippen LogP) is 3.80. The second-order valence-electron chi connectivity index (χ2n) is 12.8. The second-order valence-corrected chi connectivity index (χ2v) is 46.6. The summed E-state index contributed by atoms with van der Waals surface area (Å²) in [5.41, 5.74) is 0. The standard InChI is InChI=1S/2C5H5.ClH.Ti/c2*1-2-4-5-3-1;;/h2*1-5H;1H;. The fourth-order valence-electron chi connectivity index (χ4n) is 23.2. The van der Waals surface area contributed by atoms with E-state index in [-0.39, 0.29) is 12.4 Å². The third-order valence-corrected chi connectivity index (χ3v) is 79.4. The summed E-state index contributed by atoms with van der Waals surface area (Å²) in [5, 5.41) is 0. The molecule has 1 spiro atoms. The maximum absolute atomic E-state index is 2.63. The first-order chi connectivity index (χ1) is 5.16. The maximum atomic E-state index is 1.62. The fourth-order valence-corrected chi connectivity index (χ4v) is 143. The van der Waals surface area contributed by atoms with E-state index in [4.69, 9.17) is 0 Å². The van der Waals surface area contributed by atoms with E-state index in [9.17, 15) is 0 Å². The van der Waals surface area contributed by atoms with Gasteiger partial charge in [-0.2, -0.15) is 0 Å². The van der Waals surface area contributed by atoms with Gasteiger partial charge in [-0.15, -0.1) is 12.4 Å². The van der Waals surface area contributed by atoms with Crippen LogP contribution in [0.25, 0.3) is 0 Å². The van der Waals surface area contributed by atoms with Crippen molar-refractivity contribution in [3.8, 4) is 0 Å². The molecule has 10 aliphatic rings. The minimum atomic E-state index is -2.63. The molecular weight excluding hydrogens is 203 g/mol. The van der Waals surface area contributed by atoms with Crippen LogP contribution in [0.2, 0.25) is 42.2 Å². The molecule has 0 saturated carbocycles. The Morgan fingerprint density at radius 3 is 0.583 bits per heavy atom. The number of halogens is 1. The van der Waals surface area contributed by atoms with Crippen molar-refractivity contribution in [1.82, 2.24) is 0 Å². The Bertz CT molecular complexity index is 577. The molecule has 0 nitrogen and oxygen atoms in total. The van der Waals surface area contributed by atoms with Gasteiger partial charge >= 0.3 is 51.1 Å². The van der Waals surface area contributed by atoms with Crippen molar-refractivity contribution < 1.29 is 8.89 Å². The SMILES string of the molecule is Cl.[CH]12[CH]3[CH]4[CH]5[CH]1[Ti]23451678[CH]2[CH]1[CH]6[CH]7[CH]28. The van der Waals surface area contributed by atoms with Gasteiger partial charge in [0.2, 0.25) is 0 Å². The normalized spacial score (nSPS) is 157. The monoisotopic (exact) mass is 214 g/mol. The van der Waals surface area contributed by atoms with Crippen molar-refractivity contribution in [2.24, 2.45) is 0 Å². The Labute approximate surface area is 63.4 Å². The summed E-state index contributed by atoms with van der Waals surface area (Å²) in [7, 11) is -2.63. The molecular formula is C10H11ClTi. The third-order valence-electron chi connectivity index (χ3n) is 20.1. The summed E-state index contributed by atoms with van der Waals surface area (Å²) < 4.78 is 16.2. The molecule has 0 unspecified atom stereocenters. The number of hydrogen-bond acceptors (Lipinski definition) is 0. The van der Waals surface area contributed by atoms with Gasteiger partial charge in [-0.05, 0) is 0 Å². The number of hydrogen-bond donors (Lipinski definition) is 0. The molecule has 2 heteroatoms. The molecule has 10 heterocycles. The summed E-state index contributed by atoms with van der Waals surface area (Å²) >= 11 is 0. The first-order valence-electron chi connectivity index (χ1n) is 6.22. The van der Waals surface area contributed by atoms with Gasteiger partial charge < -0.3 is 0 Å². The summed E-state index contributed by atoms with van der Waals surface area (Å²) in [5.74, 6) is 0. The van der Waals surface area contributed by atoms with E-state index in [1.807, 2.05) is 0 Å². The third kappa shape index (κ3) is 0.0273. The molecule has 0 aromatic heterocycles. The molecule has 0 amide bonds. The molecule has 0 radical (unpaired) electrons. The van der Waals surface area contributed by atoms with Crippen molar-refractivity contribution in [2.75, 3.05) is 0 Å². The van der Waals surface area contributed by atoms with Gasteiger partial charge in [0.1, 0.15) is 0 Å². The molecule has 10 saturated heterocycles. The van der Waals surface area contributed by atoms with Crippen LogP contribution in [0.1, 0.15) is 0 Å². The van der Waals surface area contributed by atoms with Crippen molar-refractivity contribution in [2.45, 2.75) is 42.2 Å². The van der Waals surface area contributed by atoms with E-state index in [1.54, 1.807) is 42.2 Å². The van der Waals surface area contributed by atoms with Crippen LogP contribution in [0.4, 0.5) is 0 Å². The zero-order valence-electron chi connectivity index (χ0n) is 6.68. The Hall–Kier alpha value is 1.00. The van der Waals surface area contributed by atoms with E-state index in [1.165, 1.54) is 0 Å². The molecule has 12 heavy (non-hydrogen) atoms. The first kappa shape index (κ1) is 4.25. The van der Waals surface area contributed by atoms with Crippen molar-refractivity contribution in [1.29, 1.82) is 0 Å². The van der Waals surface area contributed by atoms with E-state index < -0.39 is 8.89 Å². The summed E-state index contributed by atoms with van der Waals surface area (Å²) in [6.07, 6.45) is 0. The minimum absolute atomic E-state index is 0. The fraction of sp³-hybridized carbons (Fsp3) is 1.00. The van der Waals surface area contributed by atoms with Crippen molar-refractivity contribution in [3.05, 3.63) is 0 Å². The van der Waals surface area contributed by atoms with Gasteiger partial charge in [-0.3, -0.25) is 0 Å². The van der Waals surface area contributed by atoms with Crippen LogP contribution in [0.5, 0.6) is 0 Å². The molecule has 62 valence electrons. The van der Waals surface area contributed by atoms with E-state index in [0.29, 0.717) is 0 Å². The van der Waals surface area contributed by atoms with Crippen molar-refractivity contribution >= 4 is 12.4 Å². The van der Waals surface area contributed by atoms with Gasteiger partial charge in [0.05, 0.1) is 0 Å². The quantitative estimate of drug-likeness (QED) is 0.538. The molecule has 0 aliphatic carbocycles. The average molecular weight is 215 g/mol. The predicted molar refractivity (Wildman–Crippen MR) is 44.7 cm³/mol. The molecule has 0 atom stereocenters. The summed E-state index contributed by atoms with van der Waals surface area (Å²) in [6.45, 7) is 0. The second kappa shape index (κ2) is 0.252. The zero-order valence-corrected chi connectivity index (χ0v) is 9.06. The zero-order chi connectivity index (χ0) is 6.09. The van der Waals surface area contributed by atoms with Crippen LogP contribution in [0.3, 0.4) is 0 Å². The summed E-state index contributed by atoms with van der Waals surface area (Å²) in [4.78, 5) is 0. The summed E-state index contributed by atoms with van der Waals surface area (Å²) in [6, 6.07) is 0. The van der Waals surface area contributed by atoms with Crippen LogP contribution in [0, 0.1) is 0 Å². The van der Waals surface area contributed by atoms with E-state index >= 15 is 0 Å². The number of fused-ring (bicyclic) bond motifs is 10. The van der Waals surface area contributed by atoms with E-state index in [2.05, 4.69) is 0 Å². The van der Waals surface area contributed by atoms with Gasteiger partial charge in [0, 0.05) is 0 Å². The van der Waals surface area contributed by atoms with Crippen LogP contribution >= 0.6 is 12.4 Å². The Morgan fingerprint density at radius 2 is 0.583 bits per heavy atom. The Morgan fingerprint density at radius 1 is 0.417 bits per heavy atom. The molecule has 0 N–H and O–H groups in total.